The average Bonchev–Trinajstić information content (AvgIpc) is 3.96. The number of aromatic amines is 2. The van der Waals surface area contributed by atoms with E-state index in [0.29, 0.717) is 30.8 Å². The molecule has 0 atom stereocenters. The van der Waals surface area contributed by atoms with Gasteiger partial charge in [-0.3, -0.25) is 14.9 Å². The maximum absolute atomic E-state index is 11.1. The van der Waals surface area contributed by atoms with E-state index in [1.807, 2.05) is 85.1 Å². The number of rotatable bonds is 15. The van der Waals surface area contributed by atoms with Crippen LogP contribution in [-0.4, -0.2) is 75.3 Å². The molecule has 3 aromatic carbocycles. The minimum Gasteiger partial charge on any atom is -0.368 e. The van der Waals surface area contributed by atoms with E-state index in [2.05, 4.69) is 66.1 Å². The molecule has 0 bridgehead atoms. The fourth-order valence-corrected chi connectivity index (χ4v) is 5.90. The van der Waals surface area contributed by atoms with Crippen LogP contribution in [0.1, 0.15) is 19.2 Å². The Morgan fingerprint density at radius 3 is 1.98 bits per heavy atom. The number of amides is 1. The molecule has 17 heteroatoms. The van der Waals surface area contributed by atoms with Crippen LogP contribution in [0.5, 0.6) is 0 Å². The predicted octanol–water partition coefficient (Wildman–Crippen LogP) is 7.38. The van der Waals surface area contributed by atoms with Gasteiger partial charge in [0.25, 0.3) is 5.69 Å². The number of anilines is 4. The van der Waals surface area contributed by atoms with Crippen LogP contribution in [-0.2, 0) is 11.2 Å². The SMILES string of the molecule is CC(=O)Nc1ccc(-c2ccnc(NCCNc3ccc([N+](=O)[O-])cn3)n2)cc1.c1ccc2[nH]c(CCCNc3nccc(-c4ccc(-c5ncc[nH]5)cc4)n3)nc2c1. The predicted molar refractivity (Wildman–Crippen MR) is 228 cm³/mol. The highest BCUT2D eigenvalue weighted by Gasteiger charge is 2.08. The first kappa shape index (κ1) is 39.2. The highest BCUT2D eigenvalue weighted by atomic mass is 16.6. The van der Waals surface area contributed by atoms with Crippen molar-refractivity contribution in [1.29, 1.82) is 0 Å². The number of aryl methyl sites for hydroxylation is 1. The van der Waals surface area contributed by atoms with Crippen molar-refractivity contribution in [2.45, 2.75) is 19.8 Å². The van der Waals surface area contributed by atoms with Gasteiger partial charge in [-0.25, -0.2) is 34.9 Å². The summed E-state index contributed by atoms with van der Waals surface area (Å²) < 4.78 is 0. The summed E-state index contributed by atoms with van der Waals surface area (Å²) in [5.74, 6) is 3.40. The molecule has 8 aromatic rings. The summed E-state index contributed by atoms with van der Waals surface area (Å²) in [5, 5.41) is 22.8. The largest absolute Gasteiger partial charge is 0.368 e. The number of benzene rings is 3. The molecule has 0 aliphatic carbocycles. The first-order chi connectivity index (χ1) is 28.9. The maximum Gasteiger partial charge on any atom is 0.287 e. The molecule has 59 heavy (non-hydrogen) atoms. The molecule has 1 amide bonds. The van der Waals surface area contributed by atoms with Crippen LogP contribution in [0.2, 0.25) is 0 Å². The highest BCUT2D eigenvalue weighted by Crippen LogP contribution is 2.23. The number of imidazole rings is 2. The van der Waals surface area contributed by atoms with Crippen LogP contribution in [0.4, 0.5) is 29.1 Å². The van der Waals surface area contributed by atoms with E-state index >= 15 is 0 Å². The van der Waals surface area contributed by atoms with Crippen molar-refractivity contribution < 1.29 is 9.72 Å². The zero-order valence-electron chi connectivity index (χ0n) is 32.0. The van der Waals surface area contributed by atoms with Gasteiger partial charge in [-0.2, -0.15) is 0 Å². The number of carbonyl (C=O) groups is 1. The lowest BCUT2D eigenvalue weighted by Gasteiger charge is -2.09. The Kier molecular flexibility index (Phi) is 12.7. The second-order valence-electron chi connectivity index (χ2n) is 13.0. The molecule has 0 saturated heterocycles. The lowest BCUT2D eigenvalue weighted by Crippen LogP contribution is -2.15. The van der Waals surface area contributed by atoms with Crippen LogP contribution in [0.25, 0.3) is 44.9 Å². The molecular formula is C42H40N14O3. The summed E-state index contributed by atoms with van der Waals surface area (Å²) >= 11 is 0. The van der Waals surface area contributed by atoms with E-state index in [1.165, 1.54) is 19.2 Å². The number of H-pyrrole nitrogens is 2. The number of para-hydroxylation sites is 2. The molecule has 17 nitrogen and oxygen atoms in total. The average molecular weight is 789 g/mol. The fourth-order valence-electron chi connectivity index (χ4n) is 5.90. The van der Waals surface area contributed by atoms with Crippen molar-refractivity contribution in [3.63, 3.8) is 0 Å². The lowest BCUT2D eigenvalue weighted by molar-refractivity contribution is -0.385. The van der Waals surface area contributed by atoms with Gasteiger partial charge in [0.1, 0.15) is 23.7 Å². The van der Waals surface area contributed by atoms with Crippen molar-refractivity contribution in [3.05, 3.63) is 144 Å². The summed E-state index contributed by atoms with van der Waals surface area (Å²) in [5.41, 5.74) is 7.38. The Labute approximate surface area is 338 Å². The standard InChI is InChI=1S/C23H21N7.C19H19N7O3/c1-2-5-20-19(4-1)28-21(29-20)6-3-12-26-23-27-13-11-18(30-23)16-7-9-17(10-8-16)22-24-14-15-25-22;1-13(27)24-15-4-2-14(3-5-15)17-8-9-21-19(25-17)22-11-10-20-18-7-6-16(12-23-18)26(28)29/h1-2,4-5,7-11,13-15H,3,6,12H2,(H,24,25)(H,28,29)(H,26,27,30);2-9,12H,10-11H2,1H3,(H,20,23)(H,24,27)(H,21,22,25). The maximum atomic E-state index is 11.1. The number of hydrogen-bond donors (Lipinski definition) is 6. The Bertz CT molecular complexity index is 2560. The van der Waals surface area contributed by atoms with Crippen molar-refractivity contribution in [2.75, 3.05) is 40.9 Å². The number of nitro groups is 1. The molecule has 5 heterocycles. The van der Waals surface area contributed by atoms with Gasteiger partial charge in [-0.15, -0.1) is 0 Å². The molecule has 0 spiro atoms. The zero-order chi connectivity index (χ0) is 40.8. The Hall–Kier alpha value is -8.08. The molecule has 0 aliphatic heterocycles. The molecule has 0 unspecified atom stereocenters. The van der Waals surface area contributed by atoms with Crippen LogP contribution in [0, 0.1) is 10.1 Å². The molecule has 0 aliphatic rings. The summed E-state index contributed by atoms with van der Waals surface area (Å²) in [4.78, 5) is 58.3. The third kappa shape index (κ3) is 11.0. The van der Waals surface area contributed by atoms with E-state index < -0.39 is 4.92 Å². The number of nitrogens with one attached hydrogen (secondary N) is 6. The normalized spacial score (nSPS) is 10.7. The van der Waals surface area contributed by atoms with Crippen molar-refractivity contribution in [3.8, 4) is 33.9 Å². The van der Waals surface area contributed by atoms with E-state index in [4.69, 9.17) is 0 Å². The smallest absolute Gasteiger partial charge is 0.287 e. The minimum atomic E-state index is -0.490. The molecule has 5 aromatic heterocycles. The van der Waals surface area contributed by atoms with E-state index in [-0.39, 0.29) is 11.6 Å². The van der Waals surface area contributed by atoms with Gasteiger partial charge in [-0.1, -0.05) is 48.5 Å². The second-order valence-corrected chi connectivity index (χ2v) is 13.0. The van der Waals surface area contributed by atoms with Gasteiger partial charge in [-0.05, 0) is 48.9 Å². The van der Waals surface area contributed by atoms with Crippen molar-refractivity contribution >= 4 is 46.0 Å². The first-order valence-electron chi connectivity index (χ1n) is 18.8. The van der Waals surface area contributed by atoms with Crippen molar-refractivity contribution in [1.82, 2.24) is 44.9 Å². The van der Waals surface area contributed by atoms with Gasteiger partial charge in [0.05, 0.1) is 27.3 Å². The zero-order valence-corrected chi connectivity index (χ0v) is 32.0. The van der Waals surface area contributed by atoms with E-state index in [9.17, 15) is 14.9 Å². The van der Waals surface area contributed by atoms with Gasteiger partial charge < -0.3 is 31.2 Å². The molecular weight excluding hydrogens is 749 g/mol. The highest BCUT2D eigenvalue weighted by molar-refractivity contribution is 5.89. The molecule has 8 rings (SSSR count). The van der Waals surface area contributed by atoms with Gasteiger partial charge in [0.2, 0.25) is 17.8 Å². The summed E-state index contributed by atoms with van der Waals surface area (Å²) in [6.07, 6.45) is 10.0. The van der Waals surface area contributed by atoms with Crippen LogP contribution < -0.4 is 21.3 Å². The van der Waals surface area contributed by atoms with E-state index in [0.717, 1.165) is 75.8 Å². The summed E-state index contributed by atoms with van der Waals surface area (Å²) in [7, 11) is 0. The molecule has 0 fully saturated rings. The van der Waals surface area contributed by atoms with Crippen LogP contribution in [0.3, 0.4) is 0 Å². The van der Waals surface area contributed by atoms with Gasteiger partial charge >= 0.3 is 0 Å². The lowest BCUT2D eigenvalue weighted by atomic mass is 10.1. The Morgan fingerprint density at radius 1 is 0.695 bits per heavy atom. The number of fused-ring (bicyclic) bond motifs is 1. The molecule has 0 radical (unpaired) electrons. The number of aromatic nitrogens is 9. The Morgan fingerprint density at radius 2 is 1.36 bits per heavy atom. The minimum absolute atomic E-state index is 0.0519. The van der Waals surface area contributed by atoms with Gasteiger partial charge in [0, 0.05) is 86.2 Å². The summed E-state index contributed by atoms with van der Waals surface area (Å²) in [6.45, 7) is 3.30. The number of carbonyl (C=O) groups excluding carboxylic acids is 1. The quantitative estimate of drug-likeness (QED) is 0.0339. The third-order valence-electron chi connectivity index (χ3n) is 8.75. The van der Waals surface area contributed by atoms with Crippen LogP contribution >= 0.6 is 0 Å². The summed E-state index contributed by atoms with van der Waals surface area (Å²) in [6, 6.07) is 30.3. The molecule has 296 valence electrons. The monoisotopic (exact) mass is 788 g/mol. The topological polar surface area (TPSA) is 230 Å². The molecule has 6 N–H and O–H groups in total. The second kappa shape index (κ2) is 19.2. The number of pyridine rings is 1. The first-order valence-corrected chi connectivity index (χ1v) is 18.8. The van der Waals surface area contributed by atoms with Crippen LogP contribution in [0.15, 0.2) is 128 Å². The molecule has 0 saturated carbocycles. The number of hydrogen-bond acceptors (Lipinski definition) is 13. The van der Waals surface area contributed by atoms with Gasteiger partial charge in [0.15, 0.2) is 0 Å². The third-order valence-corrected chi connectivity index (χ3v) is 8.75. The Balaban J connectivity index is 0.000000179. The fraction of sp³-hybridized carbons (Fsp3) is 0.143. The van der Waals surface area contributed by atoms with E-state index in [1.54, 1.807) is 30.7 Å². The number of nitrogens with zero attached hydrogens (tertiary/aromatic N) is 8. The van der Waals surface area contributed by atoms with Crippen molar-refractivity contribution in [2.24, 2.45) is 0 Å².